The molecule has 0 aromatic rings. The number of hydrogen-bond acceptors (Lipinski definition) is 1. The van der Waals surface area contributed by atoms with Crippen molar-refractivity contribution in [3.63, 3.8) is 0 Å². The number of fused-ring (bicyclic) bond motifs is 2. The minimum atomic E-state index is 1.00. The van der Waals surface area contributed by atoms with Gasteiger partial charge in [-0.05, 0) is 24.8 Å². The fourth-order valence-corrected chi connectivity index (χ4v) is 2.05. The van der Waals surface area contributed by atoms with E-state index < -0.39 is 0 Å². The van der Waals surface area contributed by atoms with E-state index in [2.05, 4.69) is 11.8 Å². The van der Waals surface area contributed by atoms with E-state index in [0.29, 0.717) is 0 Å². The van der Waals surface area contributed by atoms with Gasteiger partial charge in [0.15, 0.2) is 0 Å². The lowest BCUT2D eigenvalue weighted by molar-refractivity contribution is 0.316. The van der Waals surface area contributed by atoms with Gasteiger partial charge in [0.25, 0.3) is 0 Å². The highest BCUT2D eigenvalue weighted by Gasteiger charge is 2.34. The van der Waals surface area contributed by atoms with Crippen LogP contribution in [0, 0.1) is 11.8 Å². The molecular weight excluding hydrogens is 98.1 g/mol. The van der Waals surface area contributed by atoms with Gasteiger partial charge in [-0.3, -0.25) is 0 Å². The molecule has 8 heavy (non-hydrogen) atoms. The normalized spacial score (nSPS) is 52.9. The molecule has 1 unspecified atom stereocenters. The summed E-state index contributed by atoms with van der Waals surface area (Å²) in [5.74, 6) is 2.07. The molecule has 0 spiro atoms. The molecule has 0 aromatic carbocycles. The molecule has 2 heterocycles. The first-order valence-corrected chi connectivity index (χ1v) is 3.58. The Kier molecular flexibility index (Phi) is 0.884. The fourth-order valence-electron chi connectivity index (χ4n) is 2.05. The van der Waals surface area contributed by atoms with Crippen LogP contribution in [0.4, 0.5) is 0 Å². The van der Waals surface area contributed by atoms with Crippen LogP contribution in [0.15, 0.2) is 0 Å². The quantitative estimate of drug-likeness (QED) is 0.450. The second kappa shape index (κ2) is 1.47. The lowest BCUT2D eigenvalue weighted by atomic mass is 9.95. The van der Waals surface area contributed by atoms with Gasteiger partial charge in [0.05, 0.1) is 0 Å². The molecule has 2 saturated heterocycles. The van der Waals surface area contributed by atoms with E-state index in [1.807, 2.05) is 0 Å². The summed E-state index contributed by atoms with van der Waals surface area (Å²) in [7, 11) is 0. The second-order valence-corrected chi connectivity index (χ2v) is 3.29. The minimum Gasteiger partial charge on any atom is -0.303 e. The predicted octanol–water partition coefficient (Wildman–Crippen LogP) is 0.958. The summed E-state index contributed by atoms with van der Waals surface area (Å²) >= 11 is 0. The third-order valence-corrected chi connectivity index (χ3v) is 2.66. The Balaban J connectivity index is 2.11. The molecule has 2 bridgehead atoms. The van der Waals surface area contributed by atoms with E-state index in [-0.39, 0.29) is 0 Å². The molecule has 2 fully saturated rings. The van der Waals surface area contributed by atoms with Crippen LogP contribution in [0.2, 0.25) is 0 Å². The molecule has 1 nitrogen and oxygen atoms in total. The molecule has 2 rings (SSSR count). The zero-order valence-electron chi connectivity index (χ0n) is 5.43. The Hall–Kier alpha value is -0.0400. The summed E-state index contributed by atoms with van der Waals surface area (Å²) in [6, 6.07) is 0. The molecule has 0 N–H and O–H groups in total. The van der Waals surface area contributed by atoms with Crippen LogP contribution in [-0.2, 0) is 0 Å². The molecule has 0 aromatic heterocycles. The van der Waals surface area contributed by atoms with Gasteiger partial charge in [0, 0.05) is 13.1 Å². The van der Waals surface area contributed by atoms with Crippen molar-refractivity contribution in [2.75, 3.05) is 19.6 Å². The molecule has 46 valence electrons. The van der Waals surface area contributed by atoms with Crippen LogP contribution in [-0.4, -0.2) is 24.5 Å². The summed E-state index contributed by atoms with van der Waals surface area (Å²) in [6.45, 7) is 6.55. The third-order valence-electron chi connectivity index (χ3n) is 2.66. The molecule has 0 amide bonds. The Morgan fingerprint density at radius 3 is 2.50 bits per heavy atom. The fraction of sp³-hybridized carbons (Fsp3) is 1.00. The van der Waals surface area contributed by atoms with E-state index in [4.69, 9.17) is 0 Å². The number of nitrogens with zero attached hydrogens (tertiary/aromatic N) is 1. The van der Waals surface area contributed by atoms with Crippen molar-refractivity contribution in [2.24, 2.45) is 11.8 Å². The second-order valence-electron chi connectivity index (χ2n) is 3.29. The lowest BCUT2D eigenvalue weighted by Gasteiger charge is -2.16. The van der Waals surface area contributed by atoms with Crippen LogP contribution in [0.1, 0.15) is 13.3 Å². The first-order chi connectivity index (χ1) is 3.86. The van der Waals surface area contributed by atoms with E-state index >= 15 is 0 Å². The minimum absolute atomic E-state index is 1.00. The van der Waals surface area contributed by atoms with E-state index in [9.17, 15) is 0 Å². The summed E-state index contributed by atoms with van der Waals surface area (Å²) in [5.41, 5.74) is 0. The van der Waals surface area contributed by atoms with Gasteiger partial charge in [-0.25, -0.2) is 0 Å². The Morgan fingerprint density at radius 1 is 1.38 bits per heavy atom. The Morgan fingerprint density at radius 2 is 2.25 bits per heavy atom. The zero-order valence-corrected chi connectivity index (χ0v) is 5.43. The number of piperidine rings is 1. The van der Waals surface area contributed by atoms with Crippen molar-refractivity contribution >= 4 is 0 Å². The van der Waals surface area contributed by atoms with Crippen molar-refractivity contribution in [3.8, 4) is 0 Å². The maximum absolute atomic E-state index is 2.58. The average Bonchev–Trinajstić information content (AvgIpc) is 2.23. The maximum Gasteiger partial charge on any atom is 0.00133 e. The van der Waals surface area contributed by atoms with Gasteiger partial charge in [0.2, 0.25) is 0 Å². The first-order valence-electron chi connectivity index (χ1n) is 3.58. The van der Waals surface area contributed by atoms with E-state index in [1.165, 1.54) is 26.1 Å². The maximum atomic E-state index is 2.58. The Labute approximate surface area is 50.7 Å². The first kappa shape index (κ1) is 4.80. The van der Waals surface area contributed by atoms with Crippen LogP contribution in [0.5, 0.6) is 0 Å². The van der Waals surface area contributed by atoms with Crippen molar-refractivity contribution in [1.82, 2.24) is 4.90 Å². The van der Waals surface area contributed by atoms with Gasteiger partial charge < -0.3 is 4.90 Å². The van der Waals surface area contributed by atoms with Crippen molar-refractivity contribution in [2.45, 2.75) is 13.3 Å². The summed E-state index contributed by atoms with van der Waals surface area (Å²) in [6.07, 6.45) is 1.47. The average molecular weight is 111 g/mol. The van der Waals surface area contributed by atoms with E-state index in [1.54, 1.807) is 0 Å². The number of rotatable bonds is 0. The molecule has 2 aliphatic rings. The van der Waals surface area contributed by atoms with Crippen molar-refractivity contribution in [3.05, 3.63) is 0 Å². The smallest absolute Gasteiger partial charge is 0.00133 e. The third kappa shape index (κ3) is 0.510. The van der Waals surface area contributed by atoms with Crippen molar-refractivity contribution in [1.29, 1.82) is 0 Å². The largest absolute Gasteiger partial charge is 0.303 e. The van der Waals surface area contributed by atoms with Gasteiger partial charge >= 0.3 is 0 Å². The van der Waals surface area contributed by atoms with Crippen LogP contribution in [0.3, 0.4) is 0 Å². The van der Waals surface area contributed by atoms with Crippen LogP contribution >= 0.6 is 0 Å². The summed E-state index contributed by atoms with van der Waals surface area (Å²) < 4.78 is 0. The standard InChI is InChI=1S/C7H13N/c1-6-4-8-3-2-7(6)5-8/h6-7H,2-5H2,1H3/t6?,7-/m0/s1. The molecule has 0 radical (unpaired) electrons. The molecular formula is C7H13N. The highest BCUT2D eigenvalue weighted by Crippen LogP contribution is 2.31. The molecule has 0 aliphatic carbocycles. The van der Waals surface area contributed by atoms with Gasteiger partial charge in [-0.2, -0.15) is 0 Å². The van der Waals surface area contributed by atoms with Crippen molar-refractivity contribution < 1.29 is 0 Å². The van der Waals surface area contributed by atoms with Crippen LogP contribution in [0.25, 0.3) is 0 Å². The monoisotopic (exact) mass is 111 g/mol. The topological polar surface area (TPSA) is 3.24 Å². The predicted molar refractivity (Wildman–Crippen MR) is 33.7 cm³/mol. The van der Waals surface area contributed by atoms with Gasteiger partial charge in [-0.1, -0.05) is 6.92 Å². The molecule has 1 heteroatoms. The lowest BCUT2D eigenvalue weighted by Crippen LogP contribution is -2.21. The van der Waals surface area contributed by atoms with Gasteiger partial charge in [0.1, 0.15) is 0 Å². The molecule has 3 atom stereocenters. The zero-order chi connectivity index (χ0) is 5.56. The van der Waals surface area contributed by atoms with Crippen LogP contribution < -0.4 is 0 Å². The highest BCUT2D eigenvalue weighted by atomic mass is 15.2. The van der Waals surface area contributed by atoms with Gasteiger partial charge in [-0.15, -0.1) is 0 Å². The number of hydrogen-bond donors (Lipinski definition) is 0. The summed E-state index contributed by atoms with van der Waals surface area (Å²) in [4.78, 5) is 2.58. The molecule has 0 saturated carbocycles. The summed E-state index contributed by atoms with van der Waals surface area (Å²) in [5, 5.41) is 0. The Bertz CT molecular complexity index is 98.6. The van der Waals surface area contributed by atoms with E-state index in [0.717, 1.165) is 11.8 Å². The SMILES string of the molecule is CC1C[N@]2CC[C@H]1C2. The highest BCUT2D eigenvalue weighted by molar-refractivity contribution is 4.87. The molecule has 2 aliphatic heterocycles.